The second-order valence-corrected chi connectivity index (χ2v) is 10.6. The minimum absolute atomic E-state index is 0.482. The average molecular weight is 541 g/mol. The molecule has 0 fully saturated rings. The lowest BCUT2D eigenvalue weighted by atomic mass is 9.99. The summed E-state index contributed by atoms with van der Waals surface area (Å²) in [4.78, 5) is 14.5. The van der Waals surface area contributed by atoms with Crippen molar-refractivity contribution in [1.29, 1.82) is 0 Å². The van der Waals surface area contributed by atoms with Crippen LogP contribution in [0.2, 0.25) is 5.02 Å². The summed E-state index contributed by atoms with van der Waals surface area (Å²) in [5.41, 5.74) is 6.61. The van der Waals surface area contributed by atoms with E-state index in [9.17, 15) is 0 Å². The van der Waals surface area contributed by atoms with Crippen LogP contribution in [-0.4, -0.2) is 28.2 Å². The molecular formula is C30H29ClN6S. The van der Waals surface area contributed by atoms with Crippen molar-refractivity contribution in [2.45, 2.75) is 32.5 Å². The predicted molar refractivity (Wildman–Crippen MR) is 159 cm³/mol. The second kappa shape index (κ2) is 11.0. The van der Waals surface area contributed by atoms with Gasteiger partial charge in [0.25, 0.3) is 0 Å². The number of fused-ring (bicyclic) bond motifs is 2. The predicted octanol–water partition coefficient (Wildman–Crippen LogP) is 5.74. The van der Waals surface area contributed by atoms with E-state index in [1.807, 2.05) is 24.3 Å². The average Bonchev–Trinajstić information content (AvgIpc) is 2.96. The van der Waals surface area contributed by atoms with Gasteiger partial charge in [0.15, 0.2) is 5.11 Å². The summed E-state index contributed by atoms with van der Waals surface area (Å²) in [6, 6.07) is 27.2. The Morgan fingerprint density at radius 3 is 1.84 bits per heavy atom. The summed E-state index contributed by atoms with van der Waals surface area (Å²) < 4.78 is 0. The lowest BCUT2D eigenvalue weighted by Gasteiger charge is -2.33. The van der Waals surface area contributed by atoms with Gasteiger partial charge < -0.3 is 20.4 Å². The highest BCUT2D eigenvalue weighted by Crippen LogP contribution is 2.29. The maximum absolute atomic E-state index is 6.01. The van der Waals surface area contributed by atoms with E-state index in [1.54, 1.807) is 0 Å². The van der Waals surface area contributed by atoms with E-state index in [-0.39, 0.29) is 0 Å². The summed E-state index contributed by atoms with van der Waals surface area (Å²) in [6.07, 6.45) is 1.99. The van der Waals surface area contributed by atoms with Crippen molar-refractivity contribution in [3.8, 4) is 0 Å². The van der Waals surface area contributed by atoms with E-state index in [4.69, 9.17) is 33.8 Å². The van der Waals surface area contributed by atoms with Crippen LogP contribution in [0.25, 0.3) is 0 Å². The van der Waals surface area contributed by atoms with Gasteiger partial charge in [-0.25, -0.2) is 0 Å². The number of nitrogens with zero attached hydrogens (tertiary/aromatic N) is 4. The first-order valence-electron chi connectivity index (χ1n) is 12.9. The molecule has 0 atom stereocenters. The molecule has 0 amide bonds. The Bertz CT molecular complexity index is 1380. The topological polar surface area (TPSA) is 56.3 Å². The fourth-order valence-corrected chi connectivity index (χ4v) is 5.40. The van der Waals surface area contributed by atoms with Crippen LogP contribution >= 0.6 is 23.8 Å². The second-order valence-electron chi connectivity index (χ2n) is 9.72. The van der Waals surface area contributed by atoms with Crippen LogP contribution in [0.1, 0.15) is 27.8 Å². The number of benzene rings is 3. The molecule has 3 heterocycles. The zero-order valence-electron chi connectivity index (χ0n) is 21.0. The van der Waals surface area contributed by atoms with Crippen LogP contribution < -0.4 is 20.4 Å². The quantitative estimate of drug-likeness (QED) is 0.313. The maximum Gasteiger partial charge on any atom is 0.232 e. The summed E-state index contributed by atoms with van der Waals surface area (Å²) in [5, 5.41) is 7.70. The van der Waals surface area contributed by atoms with E-state index in [0.717, 1.165) is 56.2 Å². The van der Waals surface area contributed by atoms with Crippen molar-refractivity contribution in [2.24, 2.45) is 0 Å². The van der Waals surface area contributed by atoms with Gasteiger partial charge in [-0.05, 0) is 65.0 Å². The van der Waals surface area contributed by atoms with Crippen molar-refractivity contribution in [2.75, 3.05) is 28.2 Å². The normalized spacial score (nSPS) is 14.4. The fraction of sp³-hybridized carbons (Fsp3) is 0.233. The SMILES string of the molecule is S=C(NCc1ccc(Cl)cc1)Nc1nc(N2CCc3ccccc3C2)cc(N2CCc3ccccc3C2)n1. The van der Waals surface area contributed by atoms with Gasteiger partial charge >= 0.3 is 0 Å². The molecule has 0 unspecified atom stereocenters. The third-order valence-electron chi connectivity index (χ3n) is 7.20. The fourth-order valence-electron chi connectivity index (χ4n) is 5.11. The molecule has 0 saturated carbocycles. The Labute approximate surface area is 233 Å². The van der Waals surface area contributed by atoms with Crippen LogP contribution in [0.15, 0.2) is 78.9 Å². The van der Waals surface area contributed by atoms with E-state index >= 15 is 0 Å². The molecular weight excluding hydrogens is 512 g/mol. The van der Waals surface area contributed by atoms with Crippen molar-refractivity contribution in [3.63, 3.8) is 0 Å². The number of hydrogen-bond donors (Lipinski definition) is 2. The van der Waals surface area contributed by atoms with Gasteiger partial charge in [0.1, 0.15) is 11.6 Å². The highest BCUT2D eigenvalue weighted by atomic mass is 35.5. The lowest BCUT2D eigenvalue weighted by molar-refractivity contribution is 0.706. The molecule has 1 aromatic heterocycles. The Kier molecular flexibility index (Phi) is 7.12. The van der Waals surface area contributed by atoms with Crippen LogP contribution in [0.3, 0.4) is 0 Å². The summed E-state index contributed by atoms with van der Waals surface area (Å²) in [6.45, 7) is 4.06. The van der Waals surface area contributed by atoms with Gasteiger partial charge in [-0.2, -0.15) is 9.97 Å². The molecule has 2 aliphatic heterocycles. The van der Waals surface area contributed by atoms with Gasteiger partial charge in [-0.1, -0.05) is 72.3 Å². The van der Waals surface area contributed by atoms with Gasteiger partial charge in [0.05, 0.1) is 0 Å². The number of hydrogen-bond acceptors (Lipinski definition) is 5. The molecule has 0 spiro atoms. The van der Waals surface area contributed by atoms with Crippen LogP contribution in [-0.2, 0) is 32.5 Å². The third-order valence-corrected chi connectivity index (χ3v) is 7.70. The van der Waals surface area contributed by atoms with Crippen LogP contribution in [0, 0.1) is 0 Å². The Morgan fingerprint density at radius 1 is 0.763 bits per heavy atom. The maximum atomic E-state index is 6.01. The number of nitrogens with one attached hydrogen (secondary N) is 2. The molecule has 6 nitrogen and oxygen atoms in total. The zero-order valence-corrected chi connectivity index (χ0v) is 22.6. The first kappa shape index (κ1) is 24.6. The van der Waals surface area contributed by atoms with Gasteiger partial charge in [0.2, 0.25) is 5.95 Å². The lowest BCUT2D eigenvalue weighted by Crippen LogP contribution is -2.34. The molecule has 0 bridgehead atoms. The Balaban J connectivity index is 1.25. The molecule has 2 aliphatic rings. The van der Waals surface area contributed by atoms with Crippen molar-refractivity contribution in [3.05, 3.63) is 112 Å². The zero-order chi connectivity index (χ0) is 25.9. The monoisotopic (exact) mass is 540 g/mol. The van der Waals surface area contributed by atoms with Gasteiger partial charge in [-0.3, -0.25) is 0 Å². The molecule has 0 aliphatic carbocycles. The van der Waals surface area contributed by atoms with E-state index in [0.29, 0.717) is 22.6 Å². The number of anilines is 3. The number of thiocarbonyl (C=S) groups is 1. The van der Waals surface area contributed by atoms with Crippen molar-refractivity contribution in [1.82, 2.24) is 15.3 Å². The molecule has 6 rings (SSSR count). The summed E-state index contributed by atoms with van der Waals surface area (Å²) >= 11 is 11.6. The van der Waals surface area contributed by atoms with Crippen LogP contribution in [0.5, 0.6) is 0 Å². The first-order chi connectivity index (χ1) is 18.6. The smallest absolute Gasteiger partial charge is 0.232 e. The molecule has 3 aromatic carbocycles. The molecule has 0 saturated heterocycles. The van der Waals surface area contributed by atoms with E-state index in [1.165, 1.54) is 22.3 Å². The largest absolute Gasteiger partial charge is 0.358 e. The third kappa shape index (κ3) is 5.59. The standard InChI is InChI=1S/C30H29ClN6S/c31-26-11-9-21(10-12-26)18-32-30(38)35-29-33-27(36-15-13-22-5-1-3-7-24(22)19-36)17-28(34-29)37-16-14-23-6-2-4-8-25(23)20-37/h1-12,17H,13-16,18-20H2,(H2,32,33,34,35,38). The summed E-state index contributed by atoms with van der Waals surface area (Å²) in [7, 11) is 0. The van der Waals surface area contributed by atoms with Crippen LogP contribution in [0.4, 0.5) is 17.6 Å². The van der Waals surface area contributed by atoms with E-state index < -0.39 is 0 Å². The van der Waals surface area contributed by atoms with E-state index in [2.05, 4.69) is 75.0 Å². The number of halogens is 1. The minimum Gasteiger partial charge on any atom is -0.358 e. The Morgan fingerprint density at radius 2 is 1.29 bits per heavy atom. The molecule has 38 heavy (non-hydrogen) atoms. The number of aromatic nitrogens is 2. The number of rotatable bonds is 5. The highest BCUT2D eigenvalue weighted by Gasteiger charge is 2.22. The molecule has 8 heteroatoms. The van der Waals surface area contributed by atoms with Gasteiger partial charge in [-0.15, -0.1) is 0 Å². The summed E-state index contributed by atoms with van der Waals surface area (Å²) in [5.74, 6) is 2.32. The van der Waals surface area contributed by atoms with Gasteiger partial charge in [0, 0.05) is 43.8 Å². The highest BCUT2D eigenvalue weighted by molar-refractivity contribution is 7.80. The Hall–Kier alpha value is -3.68. The molecule has 4 aromatic rings. The molecule has 0 radical (unpaired) electrons. The van der Waals surface area contributed by atoms with Crippen molar-refractivity contribution < 1.29 is 0 Å². The molecule has 192 valence electrons. The molecule has 2 N–H and O–H groups in total. The minimum atomic E-state index is 0.482. The first-order valence-corrected chi connectivity index (χ1v) is 13.7. The van der Waals surface area contributed by atoms with Crippen molar-refractivity contribution >= 4 is 46.5 Å².